The molecule has 3 heteroatoms. The van der Waals surface area contributed by atoms with Crippen LogP contribution >= 0.6 is 11.8 Å². The number of hydrogen-bond donors (Lipinski definition) is 2. The summed E-state index contributed by atoms with van der Waals surface area (Å²) in [5, 5.41) is 7.78. The van der Waals surface area contributed by atoms with Crippen LogP contribution in [0.5, 0.6) is 0 Å². The molecule has 0 bridgehead atoms. The van der Waals surface area contributed by atoms with E-state index in [2.05, 4.69) is 18.2 Å². The van der Waals surface area contributed by atoms with E-state index in [0.29, 0.717) is 5.71 Å². The molecular weight excluding hydrogens is 252 g/mol. The molecule has 19 heavy (non-hydrogen) atoms. The zero-order chi connectivity index (χ0) is 13.8. The number of anilines is 1. The van der Waals surface area contributed by atoms with Gasteiger partial charge in [-0.15, -0.1) is 11.8 Å². The number of hydrogen-bond acceptors (Lipinski definition) is 3. The average molecular weight is 270 g/mol. The number of thioether (sulfide) groups is 1. The molecule has 2 nitrogen and oxygen atoms in total. The van der Waals surface area contributed by atoms with Crippen LogP contribution in [0.3, 0.4) is 0 Å². The molecule has 98 valence electrons. The van der Waals surface area contributed by atoms with Crippen LogP contribution in [0.1, 0.15) is 23.6 Å². The van der Waals surface area contributed by atoms with Crippen LogP contribution in [0.15, 0.2) is 47.4 Å². The first-order valence-corrected chi connectivity index (χ1v) is 7.19. The van der Waals surface area contributed by atoms with Crippen LogP contribution in [0.4, 0.5) is 5.69 Å². The first-order valence-electron chi connectivity index (χ1n) is 6.20. The maximum atomic E-state index is 7.78. The van der Waals surface area contributed by atoms with Gasteiger partial charge >= 0.3 is 0 Å². The van der Waals surface area contributed by atoms with Crippen molar-refractivity contribution in [1.29, 1.82) is 5.41 Å². The van der Waals surface area contributed by atoms with Crippen LogP contribution in [0, 0.1) is 12.3 Å². The Balaban J connectivity index is 2.23. The Kier molecular flexibility index (Phi) is 4.27. The highest BCUT2D eigenvalue weighted by Gasteiger charge is 2.09. The van der Waals surface area contributed by atoms with Crippen LogP contribution in [0.25, 0.3) is 0 Å². The summed E-state index contributed by atoms with van der Waals surface area (Å²) in [5.41, 5.74) is 10.7. The van der Waals surface area contributed by atoms with Crippen molar-refractivity contribution in [2.24, 2.45) is 0 Å². The Hall–Kier alpha value is -1.74. The molecule has 0 aromatic heterocycles. The smallest absolute Gasteiger partial charge is 0.0544 e. The van der Waals surface area contributed by atoms with Crippen LogP contribution in [-0.2, 0) is 5.75 Å². The Labute approximate surface area is 118 Å². The number of benzene rings is 2. The van der Waals surface area contributed by atoms with E-state index in [4.69, 9.17) is 11.1 Å². The van der Waals surface area contributed by atoms with Gasteiger partial charge in [0.2, 0.25) is 0 Å². The summed E-state index contributed by atoms with van der Waals surface area (Å²) < 4.78 is 0. The molecule has 2 aromatic carbocycles. The molecule has 0 fully saturated rings. The zero-order valence-corrected chi connectivity index (χ0v) is 12.1. The Morgan fingerprint density at radius 3 is 2.53 bits per heavy atom. The van der Waals surface area contributed by atoms with Crippen LogP contribution in [-0.4, -0.2) is 5.71 Å². The van der Waals surface area contributed by atoms with Gasteiger partial charge in [-0.3, -0.25) is 0 Å². The Morgan fingerprint density at radius 1 is 1.21 bits per heavy atom. The van der Waals surface area contributed by atoms with E-state index in [1.54, 1.807) is 18.7 Å². The van der Waals surface area contributed by atoms with Crippen molar-refractivity contribution < 1.29 is 0 Å². The maximum Gasteiger partial charge on any atom is 0.0544 e. The fourth-order valence-corrected chi connectivity index (χ4v) is 2.98. The number of rotatable bonds is 4. The van der Waals surface area contributed by atoms with Gasteiger partial charge < -0.3 is 11.1 Å². The van der Waals surface area contributed by atoms with Crippen molar-refractivity contribution >= 4 is 23.2 Å². The first-order chi connectivity index (χ1) is 9.08. The summed E-state index contributed by atoms with van der Waals surface area (Å²) in [7, 11) is 0. The highest BCUT2D eigenvalue weighted by molar-refractivity contribution is 7.98. The summed E-state index contributed by atoms with van der Waals surface area (Å²) in [6.07, 6.45) is 0. The molecular formula is C16H18N2S. The van der Waals surface area contributed by atoms with Gasteiger partial charge in [-0.25, -0.2) is 0 Å². The molecule has 0 spiro atoms. The van der Waals surface area contributed by atoms with Gasteiger partial charge in [0.1, 0.15) is 0 Å². The zero-order valence-electron chi connectivity index (χ0n) is 11.2. The molecule has 3 N–H and O–H groups in total. The van der Waals surface area contributed by atoms with Crippen molar-refractivity contribution in [3.63, 3.8) is 0 Å². The van der Waals surface area contributed by atoms with E-state index in [0.717, 1.165) is 27.5 Å². The molecule has 0 radical (unpaired) electrons. The Morgan fingerprint density at radius 2 is 1.89 bits per heavy atom. The lowest BCUT2D eigenvalue weighted by atomic mass is 10.1. The molecule has 0 heterocycles. The average Bonchev–Trinajstić information content (AvgIpc) is 2.40. The fraction of sp³-hybridized carbons (Fsp3) is 0.188. The third kappa shape index (κ3) is 3.38. The van der Waals surface area contributed by atoms with Gasteiger partial charge in [-0.05, 0) is 37.1 Å². The first kappa shape index (κ1) is 13.7. The SMILES string of the molecule is CC(=N)c1cc(C)cc(SCc2ccccc2)c1N. The predicted molar refractivity (Wildman–Crippen MR) is 84.1 cm³/mol. The lowest BCUT2D eigenvalue weighted by molar-refractivity contribution is 1.32. The van der Waals surface area contributed by atoms with E-state index in [-0.39, 0.29) is 0 Å². The summed E-state index contributed by atoms with van der Waals surface area (Å²) in [6, 6.07) is 14.4. The predicted octanol–water partition coefficient (Wildman–Crippen LogP) is 4.26. The molecule has 0 saturated heterocycles. The lowest BCUT2D eigenvalue weighted by Crippen LogP contribution is -2.02. The molecule has 0 atom stereocenters. The highest BCUT2D eigenvalue weighted by Crippen LogP contribution is 2.32. The van der Waals surface area contributed by atoms with E-state index in [9.17, 15) is 0 Å². The molecule has 0 amide bonds. The van der Waals surface area contributed by atoms with Crippen molar-refractivity contribution in [3.8, 4) is 0 Å². The van der Waals surface area contributed by atoms with Crippen LogP contribution < -0.4 is 5.73 Å². The lowest BCUT2D eigenvalue weighted by Gasteiger charge is -2.11. The number of nitrogens with two attached hydrogens (primary N) is 1. The van der Waals surface area contributed by atoms with Gasteiger partial charge in [0.05, 0.1) is 5.69 Å². The largest absolute Gasteiger partial charge is 0.397 e. The van der Waals surface area contributed by atoms with Gasteiger partial charge in [0.25, 0.3) is 0 Å². The van der Waals surface area contributed by atoms with Gasteiger partial charge in [0, 0.05) is 21.9 Å². The van der Waals surface area contributed by atoms with Crippen molar-refractivity contribution in [2.45, 2.75) is 24.5 Å². The fourth-order valence-electron chi connectivity index (χ4n) is 1.93. The van der Waals surface area contributed by atoms with Gasteiger partial charge in [0.15, 0.2) is 0 Å². The third-order valence-electron chi connectivity index (χ3n) is 2.93. The second-order valence-electron chi connectivity index (χ2n) is 4.62. The van der Waals surface area contributed by atoms with Gasteiger partial charge in [-0.1, -0.05) is 30.3 Å². The molecule has 0 aliphatic rings. The summed E-state index contributed by atoms with van der Waals surface area (Å²) in [5.74, 6) is 0.894. The standard InChI is InChI=1S/C16H18N2S/c1-11-8-14(12(2)17)16(18)15(9-11)19-10-13-6-4-3-5-7-13/h3-9,17H,10,18H2,1-2H3. The number of nitrogens with one attached hydrogen (secondary N) is 1. The Bertz CT molecular complexity index is 591. The normalized spacial score (nSPS) is 10.4. The quantitative estimate of drug-likeness (QED) is 0.495. The number of nitrogen functional groups attached to an aromatic ring is 1. The highest BCUT2D eigenvalue weighted by atomic mass is 32.2. The maximum absolute atomic E-state index is 7.78. The van der Waals surface area contributed by atoms with E-state index in [1.165, 1.54) is 5.56 Å². The summed E-state index contributed by atoms with van der Waals surface area (Å²) >= 11 is 1.72. The topological polar surface area (TPSA) is 49.9 Å². The van der Waals surface area contributed by atoms with E-state index >= 15 is 0 Å². The molecule has 0 unspecified atom stereocenters. The van der Waals surface area contributed by atoms with Crippen molar-refractivity contribution in [3.05, 3.63) is 59.2 Å². The molecule has 0 aliphatic carbocycles. The van der Waals surface area contributed by atoms with Crippen molar-refractivity contribution in [2.75, 3.05) is 5.73 Å². The van der Waals surface area contributed by atoms with Crippen LogP contribution in [0.2, 0.25) is 0 Å². The minimum absolute atomic E-state index is 0.516. The second kappa shape index (κ2) is 5.93. The summed E-state index contributed by atoms with van der Waals surface area (Å²) in [6.45, 7) is 3.81. The second-order valence-corrected chi connectivity index (χ2v) is 5.64. The third-order valence-corrected chi connectivity index (χ3v) is 4.05. The molecule has 0 aliphatic heterocycles. The molecule has 0 saturated carbocycles. The van der Waals surface area contributed by atoms with Gasteiger partial charge in [-0.2, -0.15) is 0 Å². The van der Waals surface area contributed by atoms with E-state index in [1.807, 2.05) is 31.2 Å². The summed E-state index contributed by atoms with van der Waals surface area (Å²) in [4.78, 5) is 1.06. The molecule has 2 aromatic rings. The molecule has 2 rings (SSSR count). The van der Waals surface area contributed by atoms with Crippen molar-refractivity contribution in [1.82, 2.24) is 0 Å². The number of aryl methyl sites for hydroxylation is 1. The monoisotopic (exact) mass is 270 g/mol. The minimum atomic E-state index is 0.516. The minimum Gasteiger partial charge on any atom is -0.397 e. The van der Waals surface area contributed by atoms with E-state index < -0.39 is 0 Å².